The molecule has 3 heterocycles. The molecule has 2 N–H and O–H groups in total. The smallest absolute Gasteiger partial charge is 0.259 e. The monoisotopic (exact) mass is 426 g/mol. The molecule has 30 heavy (non-hydrogen) atoms. The molecule has 1 saturated carbocycles. The van der Waals surface area contributed by atoms with Gasteiger partial charge in [0.15, 0.2) is 0 Å². The van der Waals surface area contributed by atoms with E-state index < -0.39 is 0 Å². The number of hydrogen-bond donors (Lipinski definition) is 1. The average Bonchev–Trinajstić information content (AvgIpc) is 3.41. The summed E-state index contributed by atoms with van der Waals surface area (Å²) in [5.41, 5.74) is 10.6. The summed E-state index contributed by atoms with van der Waals surface area (Å²) in [7, 11) is 0. The van der Waals surface area contributed by atoms with Gasteiger partial charge in [-0.2, -0.15) is 0 Å². The van der Waals surface area contributed by atoms with Crippen LogP contribution in [0, 0.1) is 0 Å². The summed E-state index contributed by atoms with van der Waals surface area (Å²) in [5, 5.41) is 5.00. The number of hydrogen-bond acceptors (Lipinski definition) is 5. The molecular formula is C23H27ClN4O2. The van der Waals surface area contributed by atoms with E-state index in [1.165, 1.54) is 5.56 Å². The molecule has 1 aromatic carbocycles. The molecule has 1 saturated heterocycles. The van der Waals surface area contributed by atoms with E-state index in [2.05, 4.69) is 29.2 Å². The van der Waals surface area contributed by atoms with Gasteiger partial charge in [0.2, 0.25) is 0 Å². The Hall–Kier alpha value is -2.44. The highest BCUT2D eigenvalue weighted by molar-refractivity contribution is 6.06. The molecule has 2 aromatic heterocycles. The van der Waals surface area contributed by atoms with E-state index in [0.29, 0.717) is 30.3 Å². The van der Waals surface area contributed by atoms with Crippen LogP contribution in [0.25, 0.3) is 11.1 Å². The van der Waals surface area contributed by atoms with Crippen LogP contribution in [0.4, 0.5) is 0 Å². The minimum absolute atomic E-state index is 0. The maximum absolute atomic E-state index is 13.6. The second-order valence-electron chi connectivity index (χ2n) is 8.32. The SMILES string of the molecule is CCCc1noc2nc(C3CC3)cc(C(=O)N3C[C@@H](N)[C@H](c4ccccc4)C3)c12.Cl. The molecule has 7 heteroatoms. The Morgan fingerprint density at radius 3 is 2.70 bits per heavy atom. The Balaban J connectivity index is 0.00000218. The Morgan fingerprint density at radius 1 is 1.23 bits per heavy atom. The number of nitrogens with two attached hydrogens (primary N) is 1. The first-order chi connectivity index (χ1) is 14.2. The molecule has 1 amide bonds. The van der Waals surface area contributed by atoms with Crippen molar-refractivity contribution in [2.45, 2.75) is 50.5 Å². The van der Waals surface area contributed by atoms with Gasteiger partial charge in [-0.05, 0) is 30.9 Å². The van der Waals surface area contributed by atoms with Gasteiger partial charge in [-0.25, -0.2) is 4.98 Å². The predicted molar refractivity (Wildman–Crippen MR) is 118 cm³/mol. The number of rotatable bonds is 5. The Morgan fingerprint density at radius 2 is 2.00 bits per heavy atom. The largest absolute Gasteiger partial charge is 0.336 e. The van der Waals surface area contributed by atoms with Gasteiger partial charge in [-0.15, -0.1) is 12.4 Å². The molecule has 1 aliphatic heterocycles. The fourth-order valence-corrected chi connectivity index (χ4v) is 4.41. The standard InChI is InChI=1S/C23H26N4O2.ClH/c1-2-6-19-21-16(11-20(15-9-10-15)25-22(21)29-26-19)23(28)27-12-17(18(24)13-27)14-7-4-3-5-8-14;/h3-5,7-8,11,15,17-18H,2,6,9-10,12-13,24H2,1H3;1H/t17-,18+;/m0./s1. The first-order valence-corrected chi connectivity index (χ1v) is 10.5. The summed E-state index contributed by atoms with van der Waals surface area (Å²) in [6, 6.07) is 12.1. The molecule has 0 unspecified atom stereocenters. The van der Waals surface area contributed by atoms with Crippen LogP contribution >= 0.6 is 12.4 Å². The molecule has 1 aliphatic carbocycles. The van der Waals surface area contributed by atoms with Gasteiger partial charge in [-0.3, -0.25) is 4.79 Å². The zero-order chi connectivity index (χ0) is 20.0. The lowest BCUT2D eigenvalue weighted by atomic mass is 9.95. The Bertz CT molecular complexity index is 1050. The van der Waals surface area contributed by atoms with Crippen molar-refractivity contribution in [3.8, 4) is 0 Å². The first kappa shape index (κ1) is 20.8. The summed E-state index contributed by atoms with van der Waals surface area (Å²) in [6.45, 7) is 3.27. The number of carbonyl (C=O) groups excluding carboxylic acids is 1. The lowest BCUT2D eigenvalue weighted by Gasteiger charge is -2.17. The molecule has 5 rings (SSSR count). The summed E-state index contributed by atoms with van der Waals surface area (Å²) >= 11 is 0. The number of halogens is 1. The lowest BCUT2D eigenvalue weighted by Crippen LogP contribution is -2.32. The molecule has 2 fully saturated rings. The zero-order valence-corrected chi connectivity index (χ0v) is 17.9. The minimum atomic E-state index is -0.0702. The van der Waals surface area contributed by atoms with Crippen molar-refractivity contribution in [1.29, 1.82) is 0 Å². The molecule has 3 aromatic rings. The lowest BCUT2D eigenvalue weighted by molar-refractivity contribution is 0.0791. The van der Waals surface area contributed by atoms with Gasteiger partial charge in [0.1, 0.15) is 0 Å². The summed E-state index contributed by atoms with van der Waals surface area (Å²) in [4.78, 5) is 20.2. The maximum atomic E-state index is 13.6. The van der Waals surface area contributed by atoms with Crippen molar-refractivity contribution in [2.75, 3.05) is 13.1 Å². The summed E-state index contributed by atoms with van der Waals surface area (Å²) in [6.07, 6.45) is 3.94. The highest BCUT2D eigenvalue weighted by atomic mass is 35.5. The molecule has 0 bridgehead atoms. The normalized spacial score (nSPS) is 21.1. The Kier molecular flexibility index (Phi) is 5.80. The van der Waals surface area contributed by atoms with Crippen LogP contribution in [-0.2, 0) is 6.42 Å². The Labute approximate surface area is 182 Å². The van der Waals surface area contributed by atoms with E-state index in [0.717, 1.165) is 42.5 Å². The van der Waals surface area contributed by atoms with Gasteiger partial charge in [0.05, 0.1) is 16.6 Å². The fourth-order valence-electron chi connectivity index (χ4n) is 4.41. The highest BCUT2D eigenvalue weighted by Gasteiger charge is 2.36. The van der Waals surface area contributed by atoms with Crippen LogP contribution in [0.5, 0.6) is 0 Å². The van der Waals surface area contributed by atoms with Gasteiger partial charge >= 0.3 is 0 Å². The van der Waals surface area contributed by atoms with Gasteiger partial charge in [0, 0.05) is 36.7 Å². The van der Waals surface area contributed by atoms with Crippen LogP contribution in [0.3, 0.4) is 0 Å². The van der Waals surface area contributed by atoms with Crippen molar-refractivity contribution in [3.05, 3.63) is 58.9 Å². The molecule has 6 nitrogen and oxygen atoms in total. The van der Waals surface area contributed by atoms with Crippen LogP contribution in [0.2, 0.25) is 0 Å². The number of carbonyl (C=O) groups is 1. The molecule has 0 spiro atoms. The topological polar surface area (TPSA) is 85.2 Å². The number of fused-ring (bicyclic) bond motifs is 1. The molecular weight excluding hydrogens is 400 g/mol. The number of aromatic nitrogens is 2. The third-order valence-electron chi connectivity index (χ3n) is 6.13. The molecule has 0 radical (unpaired) electrons. The highest BCUT2D eigenvalue weighted by Crippen LogP contribution is 2.41. The second kappa shape index (κ2) is 8.36. The predicted octanol–water partition coefficient (Wildman–Crippen LogP) is 4.04. The number of likely N-dealkylation sites (tertiary alicyclic amines) is 1. The van der Waals surface area contributed by atoms with Gasteiger partial charge in [0.25, 0.3) is 11.6 Å². The number of benzene rings is 1. The summed E-state index contributed by atoms with van der Waals surface area (Å²) < 4.78 is 5.53. The first-order valence-electron chi connectivity index (χ1n) is 10.5. The van der Waals surface area contributed by atoms with Crippen LogP contribution in [0.15, 0.2) is 40.9 Å². The van der Waals surface area contributed by atoms with Crippen molar-refractivity contribution >= 4 is 29.4 Å². The van der Waals surface area contributed by atoms with Crippen LogP contribution in [0.1, 0.15) is 65.3 Å². The number of nitrogens with zero attached hydrogens (tertiary/aromatic N) is 3. The number of aryl methyl sites for hydroxylation is 1. The van der Waals surface area contributed by atoms with Crippen molar-refractivity contribution in [3.63, 3.8) is 0 Å². The molecule has 158 valence electrons. The maximum Gasteiger partial charge on any atom is 0.259 e. The number of amides is 1. The van der Waals surface area contributed by atoms with E-state index in [4.69, 9.17) is 10.3 Å². The quantitative estimate of drug-likeness (QED) is 0.665. The van der Waals surface area contributed by atoms with Gasteiger partial charge < -0.3 is 15.2 Å². The van der Waals surface area contributed by atoms with Crippen LogP contribution < -0.4 is 5.73 Å². The third kappa shape index (κ3) is 3.70. The second-order valence-corrected chi connectivity index (χ2v) is 8.32. The summed E-state index contributed by atoms with van der Waals surface area (Å²) in [5.74, 6) is 0.593. The average molecular weight is 427 g/mol. The van der Waals surface area contributed by atoms with E-state index in [1.54, 1.807) is 0 Å². The van der Waals surface area contributed by atoms with E-state index >= 15 is 0 Å². The molecule has 2 atom stereocenters. The third-order valence-corrected chi connectivity index (χ3v) is 6.13. The van der Waals surface area contributed by atoms with Crippen molar-refractivity contribution < 1.29 is 9.32 Å². The van der Waals surface area contributed by atoms with Crippen molar-refractivity contribution in [1.82, 2.24) is 15.0 Å². The van der Waals surface area contributed by atoms with E-state index in [1.807, 2.05) is 29.2 Å². The van der Waals surface area contributed by atoms with E-state index in [-0.39, 0.29) is 30.3 Å². The van der Waals surface area contributed by atoms with Crippen LogP contribution in [-0.4, -0.2) is 40.1 Å². The van der Waals surface area contributed by atoms with Gasteiger partial charge in [-0.1, -0.05) is 48.8 Å². The minimum Gasteiger partial charge on any atom is -0.336 e. The number of pyridine rings is 1. The zero-order valence-electron chi connectivity index (χ0n) is 17.1. The molecule has 2 aliphatic rings. The fraction of sp³-hybridized carbons (Fsp3) is 0.435. The van der Waals surface area contributed by atoms with Crippen molar-refractivity contribution in [2.24, 2.45) is 5.73 Å². The van der Waals surface area contributed by atoms with E-state index in [9.17, 15) is 4.79 Å².